The van der Waals surface area contributed by atoms with Crippen molar-refractivity contribution in [2.75, 3.05) is 6.54 Å². The molecule has 2 N–H and O–H groups in total. The molecule has 0 bridgehead atoms. The number of aryl methyl sites for hydroxylation is 3. The van der Waals surface area contributed by atoms with Crippen LogP contribution in [0.25, 0.3) is 10.2 Å². The van der Waals surface area contributed by atoms with Crippen LogP contribution in [0.4, 0.5) is 0 Å². The third-order valence-corrected chi connectivity index (χ3v) is 5.12. The molecule has 3 rings (SSSR count). The van der Waals surface area contributed by atoms with Crippen LogP contribution >= 0.6 is 11.3 Å². The molecule has 0 atom stereocenters. The summed E-state index contributed by atoms with van der Waals surface area (Å²) in [6.07, 6.45) is 2.12. The number of aromatic nitrogens is 3. The van der Waals surface area contributed by atoms with Gasteiger partial charge in [0.05, 0.1) is 5.39 Å². The van der Waals surface area contributed by atoms with E-state index < -0.39 is 0 Å². The van der Waals surface area contributed by atoms with E-state index in [0.717, 1.165) is 28.1 Å². The van der Waals surface area contributed by atoms with Crippen molar-refractivity contribution in [2.45, 2.75) is 40.0 Å². The molecular weight excluding hydrogens is 340 g/mol. The predicted molar refractivity (Wildman–Crippen MR) is 96.2 cm³/mol. The van der Waals surface area contributed by atoms with E-state index in [1.807, 2.05) is 20.8 Å². The number of nitrogens with zero attached hydrogens (tertiary/aromatic N) is 2. The Morgan fingerprint density at radius 1 is 1.36 bits per heavy atom. The second kappa shape index (κ2) is 7.18. The van der Waals surface area contributed by atoms with Gasteiger partial charge in [0.2, 0.25) is 0 Å². The van der Waals surface area contributed by atoms with Crippen LogP contribution in [0.5, 0.6) is 0 Å². The Bertz CT molecular complexity index is 970. The summed E-state index contributed by atoms with van der Waals surface area (Å²) in [5, 5.41) is 7.19. The van der Waals surface area contributed by atoms with Gasteiger partial charge in [-0.15, -0.1) is 11.3 Å². The predicted octanol–water partition coefficient (Wildman–Crippen LogP) is 2.51. The lowest BCUT2D eigenvalue weighted by molar-refractivity contribution is 0.0945. The van der Waals surface area contributed by atoms with Crippen LogP contribution in [-0.4, -0.2) is 27.6 Å². The zero-order chi connectivity index (χ0) is 18.0. The van der Waals surface area contributed by atoms with Crippen molar-refractivity contribution >= 4 is 27.5 Å². The van der Waals surface area contributed by atoms with Crippen LogP contribution in [0.15, 0.2) is 15.4 Å². The number of fused-ring (bicyclic) bond motifs is 1. The monoisotopic (exact) mass is 360 g/mol. The van der Waals surface area contributed by atoms with E-state index in [9.17, 15) is 9.59 Å². The molecule has 0 aromatic carbocycles. The first kappa shape index (κ1) is 17.3. The first-order chi connectivity index (χ1) is 12.0. The topological polar surface area (TPSA) is 101 Å². The fourth-order valence-corrected chi connectivity index (χ4v) is 3.64. The Morgan fingerprint density at radius 2 is 2.16 bits per heavy atom. The molecule has 3 heterocycles. The van der Waals surface area contributed by atoms with E-state index in [1.54, 1.807) is 6.07 Å². The van der Waals surface area contributed by atoms with Crippen molar-refractivity contribution in [1.29, 1.82) is 0 Å². The molecule has 0 saturated carbocycles. The number of aromatic amines is 1. The molecule has 132 valence electrons. The Balaban J connectivity index is 1.64. The quantitative estimate of drug-likeness (QED) is 0.703. The van der Waals surface area contributed by atoms with Crippen LogP contribution in [0.2, 0.25) is 0 Å². The maximum atomic E-state index is 12.2. The summed E-state index contributed by atoms with van der Waals surface area (Å²) in [5.74, 6) is 0.968. The highest BCUT2D eigenvalue weighted by molar-refractivity contribution is 7.18. The number of H-pyrrole nitrogens is 1. The van der Waals surface area contributed by atoms with Crippen LogP contribution in [0, 0.1) is 13.8 Å². The second-order valence-corrected chi connectivity index (χ2v) is 7.11. The third-order valence-electron chi connectivity index (χ3n) is 4.02. The number of thiophene rings is 1. The van der Waals surface area contributed by atoms with Gasteiger partial charge in [0.1, 0.15) is 16.4 Å². The molecule has 0 fully saturated rings. The minimum Gasteiger partial charge on any atom is -0.361 e. The van der Waals surface area contributed by atoms with Crippen LogP contribution in [-0.2, 0) is 12.8 Å². The number of carbonyl (C=O) groups is 1. The van der Waals surface area contributed by atoms with E-state index in [4.69, 9.17) is 4.52 Å². The van der Waals surface area contributed by atoms with Gasteiger partial charge in [-0.3, -0.25) is 9.59 Å². The minimum absolute atomic E-state index is 0.131. The lowest BCUT2D eigenvalue weighted by Gasteiger charge is -2.03. The molecule has 25 heavy (non-hydrogen) atoms. The van der Waals surface area contributed by atoms with Crippen molar-refractivity contribution in [2.24, 2.45) is 0 Å². The van der Waals surface area contributed by atoms with Gasteiger partial charge in [0.15, 0.2) is 5.69 Å². The Hall–Kier alpha value is -2.48. The standard InChI is InChI=1S/C17H20N4O3S/c1-4-5-11-8-12(21-24-11)15(22)18-7-6-13-19-16(23)14-9(2)10(3)25-17(14)20-13/h8H,4-7H2,1-3H3,(H,18,22)(H,19,20,23). The summed E-state index contributed by atoms with van der Waals surface area (Å²) in [7, 11) is 0. The second-order valence-electron chi connectivity index (χ2n) is 5.91. The van der Waals surface area contributed by atoms with Crippen LogP contribution in [0.1, 0.15) is 45.9 Å². The summed E-state index contributed by atoms with van der Waals surface area (Å²) >= 11 is 1.51. The first-order valence-electron chi connectivity index (χ1n) is 8.22. The summed E-state index contributed by atoms with van der Waals surface area (Å²) in [6, 6.07) is 1.65. The van der Waals surface area contributed by atoms with Gasteiger partial charge < -0.3 is 14.8 Å². The van der Waals surface area contributed by atoms with Gasteiger partial charge in [0.25, 0.3) is 11.5 Å². The van der Waals surface area contributed by atoms with E-state index >= 15 is 0 Å². The zero-order valence-electron chi connectivity index (χ0n) is 14.4. The Morgan fingerprint density at radius 3 is 2.92 bits per heavy atom. The molecule has 8 heteroatoms. The number of rotatable bonds is 6. The zero-order valence-corrected chi connectivity index (χ0v) is 15.2. The normalized spacial score (nSPS) is 11.2. The van der Waals surface area contributed by atoms with Crippen molar-refractivity contribution in [3.05, 3.63) is 44.1 Å². The van der Waals surface area contributed by atoms with Crippen LogP contribution in [0.3, 0.4) is 0 Å². The molecule has 0 aliphatic heterocycles. The van der Waals surface area contributed by atoms with Gasteiger partial charge in [-0.1, -0.05) is 12.1 Å². The van der Waals surface area contributed by atoms with Crippen molar-refractivity contribution < 1.29 is 9.32 Å². The first-order valence-corrected chi connectivity index (χ1v) is 9.04. The molecule has 7 nitrogen and oxygen atoms in total. The highest BCUT2D eigenvalue weighted by atomic mass is 32.1. The van der Waals surface area contributed by atoms with Crippen molar-refractivity contribution in [3.63, 3.8) is 0 Å². The van der Waals surface area contributed by atoms with E-state index in [0.29, 0.717) is 29.9 Å². The maximum absolute atomic E-state index is 12.2. The molecule has 1 amide bonds. The summed E-state index contributed by atoms with van der Waals surface area (Å²) in [5.41, 5.74) is 1.11. The maximum Gasteiger partial charge on any atom is 0.273 e. The summed E-state index contributed by atoms with van der Waals surface area (Å²) in [6.45, 7) is 6.29. The number of amides is 1. The van der Waals surface area contributed by atoms with Gasteiger partial charge in [-0.25, -0.2) is 4.98 Å². The number of carbonyl (C=O) groups excluding carboxylic acids is 1. The third kappa shape index (κ3) is 3.63. The van der Waals surface area contributed by atoms with Gasteiger partial charge >= 0.3 is 0 Å². The SMILES string of the molecule is CCCc1cc(C(=O)NCCc2nc3sc(C)c(C)c3c(=O)[nH]2)no1. The molecule has 3 aromatic rings. The average Bonchev–Trinajstić information content (AvgIpc) is 3.13. The van der Waals surface area contributed by atoms with Gasteiger partial charge in [-0.2, -0.15) is 0 Å². The van der Waals surface area contributed by atoms with E-state index in [2.05, 4.69) is 20.4 Å². The molecule has 0 saturated heterocycles. The van der Waals surface area contributed by atoms with E-state index in [1.165, 1.54) is 11.3 Å². The molecule has 0 unspecified atom stereocenters. The highest BCUT2D eigenvalue weighted by Crippen LogP contribution is 2.25. The fraction of sp³-hybridized carbons (Fsp3) is 0.412. The smallest absolute Gasteiger partial charge is 0.273 e. The number of nitrogens with one attached hydrogen (secondary N) is 2. The Kier molecular flexibility index (Phi) is 4.98. The average molecular weight is 360 g/mol. The molecule has 0 aliphatic rings. The summed E-state index contributed by atoms with van der Waals surface area (Å²) in [4.78, 5) is 33.4. The van der Waals surface area contributed by atoms with Crippen molar-refractivity contribution in [1.82, 2.24) is 20.4 Å². The van der Waals surface area contributed by atoms with Crippen molar-refractivity contribution in [3.8, 4) is 0 Å². The molecule has 0 aliphatic carbocycles. The lowest BCUT2D eigenvalue weighted by atomic mass is 10.2. The highest BCUT2D eigenvalue weighted by Gasteiger charge is 2.14. The fourth-order valence-electron chi connectivity index (χ4n) is 2.59. The lowest BCUT2D eigenvalue weighted by Crippen LogP contribution is -2.27. The van der Waals surface area contributed by atoms with Gasteiger partial charge in [0, 0.05) is 30.3 Å². The van der Waals surface area contributed by atoms with Gasteiger partial charge in [-0.05, 0) is 25.8 Å². The largest absolute Gasteiger partial charge is 0.361 e. The van der Waals surface area contributed by atoms with E-state index in [-0.39, 0.29) is 17.2 Å². The summed E-state index contributed by atoms with van der Waals surface area (Å²) < 4.78 is 5.10. The number of hydrogen-bond donors (Lipinski definition) is 2. The number of hydrogen-bond acceptors (Lipinski definition) is 6. The molecule has 0 spiro atoms. The molecular formula is C17H20N4O3S. The molecule has 0 radical (unpaired) electrons. The van der Waals surface area contributed by atoms with Crippen LogP contribution < -0.4 is 10.9 Å². The Labute approximate surface area is 148 Å². The minimum atomic E-state index is -0.294. The molecule has 3 aromatic heterocycles.